The average molecular weight is 317 g/mol. The number of likely N-dealkylation sites (N-methyl/N-ethyl adjacent to an activating group) is 1. The van der Waals surface area contributed by atoms with E-state index in [9.17, 15) is 0 Å². The van der Waals surface area contributed by atoms with Crippen LogP contribution >= 0.6 is 27.3 Å². The number of hydrogen-bond acceptors (Lipinski definition) is 3. The number of rotatable bonds is 4. The van der Waals surface area contributed by atoms with Crippen LogP contribution in [0.5, 0.6) is 0 Å². The second kappa shape index (κ2) is 6.32. The van der Waals surface area contributed by atoms with Gasteiger partial charge in [0, 0.05) is 23.5 Å². The first-order valence-electron chi connectivity index (χ1n) is 6.35. The van der Waals surface area contributed by atoms with Crippen LogP contribution in [0.15, 0.2) is 15.9 Å². The van der Waals surface area contributed by atoms with Gasteiger partial charge in [-0.25, -0.2) is 0 Å². The number of piperidine rings is 1. The molecule has 0 spiro atoms. The Morgan fingerprint density at radius 2 is 2.35 bits per heavy atom. The van der Waals surface area contributed by atoms with Crippen LogP contribution in [0.2, 0.25) is 0 Å². The zero-order valence-electron chi connectivity index (χ0n) is 10.6. The smallest absolute Gasteiger partial charge is 0.0701 e. The predicted octanol–water partition coefficient (Wildman–Crippen LogP) is 3.65. The number of hydrogen-bond donors (Lipinski definition) is 1. The average Bonchev–Trinajstić information content (AvgIpc) is 2.76. The number of halogens is 1. The lowest BCUT2D eigenvalue weighted by molar-refractivity contribution is 0.217. The summed E-state index contributed by atoms with van der Waals surface area (Å²) in [6, 6.07) is 5.56. The number of nitrogens with one attached hydrogen (secondary N) is 1. The van der Waals surface area contributed by atoms with Gasteiger partial charge < -0.3 is 5.32 Å². The number of thiophene rings is 1. The third-order valence-corrected chi connectivity index (χ3v) is 5.38. The summed E-state index contributed by atoms with van der Waals surface area (Å²) >= 11 is 5.38. The summed E-state index contributed by atoms with van der Waals surface area (Å²) in [4.78, 5) is 3.90. The fourth-order valence-corrected chi connectivity index (χ4v) is 3.90. The standard InChI is InChI=1S/C13H21BrN2S/c1-10(12-6-7-13(14)17-12)16(2)9-11-5-3-4-8-15-11/h6-7,10-11,15H,3-5,8-9H2,1-2H3. The summed E-state index contributed by atoms with van der Waals surface area (Å²) in [6.45, 7) is 4.63. The Kier molecular flexibility index (Phi) is 5.03. The zero-order valence-corrected chi connectivity index (χ0v) is 13.0. The van der Waals surface area contributed by atoms with Crippen molar-refractivity contribution < 1.29 is 0 Å². The molecule has 0 aromatic carbocycles. The monoisotopic (exact) mass is 316 g/mol. The minimum absolute atomic E-state index is 0.509. The topological polar surface area (TPSA) is 15.3 Å². The first kappa shape index (κ1) is 13.5. The highest BCUT2D eigenvalue weighted by Crippen LogP contribution is 2.30. The number of nitrogens with zero attached hydrogens (tertiary/aromatic N) is 1. The van der Waals surface area contributed by atoms with Crippen molar-refractivity contribution >= 4 is 27.3 Å². The lowest BCUT2D eigenvalue weighted by Gasteiger charge is -2.31. The Balaban J connectivity index is 1.88. The molecule has 0 saturated carbocycles. The van der Waals surface area contributed by atoms with E-state index in [1.807, 2.05) is 11.3 Å². The molecule has 1 N–H and O–H groups in total. The molecule has 2 rings (SSSR count). The Hall–Kier alpha value is 0.1000. The SMILES string of the molecule is CC(c1ccc(Br)s1)N(C)CC1CCCCN1. The maximum Gasteiger partial charge on any atom is 0.0701 e. The summed E-state index contributed by atoms with van der Waals surface area (Å²) in [6.07, 6.45) is 4.04. The minimum Gasteiger partial charge on any atom is -0.313 e. The van der Waals surface area contributed by atoms with Crippen molar-refractivity contribution in [2.75, 3.05) is 20.1 Å². The van der Waals surface area contributed by atoms with Gasteiger partial charge in [-0.05, 0) is 61.4 Å². The second-order valence-corrected chi connectivity index (χ2v) is 7.40. The molecule has 17 heavy (non-hydrogen) atoms. The Morgan fingerprint density at radius 1 is 1.53 bits per heavy atom. The van der Waals surface area contributed by atoms with Gasteiger partial charge in [-0.15, -0.1) is 11.3 Å². The van der Waals surface area contributed by atoms with E-state index in [2.05, 4.69) is 52.3 Å². The molecular formula is C13H21BrN2S. The van der Waals surface area contributed by atoms with Gasteiger partial charge in [-0.3, -0.25) is 4.90 Å². The molecule has 0 aliphatic carbocycles. The minimum atomic E-state index is 0.509. The second-order valence-electron chi connectivity index (χ2n) is 4.90. The van der Waals surface area contributed by atoms with Crippen molar-refractivity contribution in [2.24, 2.45) is 0 Å². The van der Waals surface area contributed by atoms with Crippen LogP contribution in [0.3, 0.4) is 0 Å². The lowest BCUT2D eigenvalue weighted by atomic mass is 10.0. The van der Waals surface area contributed by atoms with Crippen molar-refractivity contribution in [3.8, 4) is 0 Å². The summed E-state index contributed by atoms with van der Waals surface area (Å²) < 4.78 is 1.23. The van der Waals surface area contributed by atoms with Crippen molar-refractivity contribution in [2.45, 2.75) is 38.3 Å². The fourth-order valence-electron chi connectivity index (χ4n) is 2.36. The van der Waals surface area contributed by atoms with Crippen molar-refractivity contribution in [1.82, 2.24) is 10.2 Å². The molecule has 2 nitrogen and oxygen atoms in total. The maximum absolute atomic E-state index is 3.61. The molecule has 1 fully saturated rings. The molecule has 4 heteroatoms. The molecular weight excluding hydrogens is 296 g/mol. The van der Waals surface area contributed by atoms with Crippen LogP contribution in [0.25, 0.3) is 0 Å². The highest BCUT2D eigenvalue weighted by Gasteiger charge is 2.19. The lowest BCUT2D eigenvalue weighted by Crippen LogP contribution is -2.42. The van der Waals surface area contributed by atoms with E-state index < -0.39 is 0 Å². The highest BCUT2D eigenvalue weighted by atomic mass is 79.9. The first-order valence-corrected chi connectivity index (χ1v) is 7.96. The fraction of sp³-hybridized carbons (Fsp3) is 0.692. The molecule has 2 unspecified atom stereocenters. The molecule has 1 aromatic heterocycles. The van der Waals surface area contributed by atoms with Crippen LogP contribution < -0.4 is 5.32 Å². The van der Waals surface area contributed by atoms with E-state index in [0.29, 0.717) is 12.1 Å². The van der Waals surface area contributed by atoms with Gasteiger partial charge >= 0.3 is 0 Å². The van der Waals surface area contributed by atoms with Crippen LogP contribution in [0.1, 0.15) is 37.1 Å². The Bertz CT molecular complexity index is 347. The Morgan fingerprint density at radius 3 is 2.94 bits per heavy atom. The molecule has 1 aliphatic heterocycles. The first-order chi connectivity index (χ1) is 8.16. The molecule has 96 valence electrons. The van der Waals surface area contributed by atoms with Gasteiger partial charge in [0.25, 0.3) is 0 Å². The van der Waals surface area contributed by atoms with Crippen molar-refractivity contribution in [3.63, 3.8) is 0 Å². The van der Waals surface area contributed by atoms with E-state index >= 15 is 0 Å². The maximum atomic E-state index is 3.61. The summed E-state index contributed by atoms with van der Waals surface area (Å²) in [7, 11) is 2.23. The highest BCUT2D eigenvalue weighted by molar-refractivity contribution is 9.11. The van der Waals surface area contributed by atoms with Gasteiger partial charge in [0.15, 0.2) is 0 Å². The van der Waals surface area contributed by atoms with E-state index in [4.69, 9.17) is 0 Å². The van der Waals surface area contributed by atoms with E-state index in [-0.39, 0.29) is 0 Å². The molecule has 1 aliphatic rings. The molecule has 1 aromatic rings. The quantitative estimate of drug-likeness (QED) is 0.912. The molecule has 2 atom stereocenters. The molecule has 1 saturated heterocycles. The van der Waals surface area contributed by atoms with Crippen LogP contribution in [0.4, 0.5) is 0 Å². The molecule has 0 bridgehead atoms. The van der Waals surface area contributed by atoms with E-state index in [1.54, 1.807) is 0 Å². The van der Waals surface area contributed by atoms with Gasteiger partial charge in [-0.1, -0.05) is 6.42 Å². The third kappa shape index (κ3) is 3.78. The molecule has 0 radical (unpaired) electrons. The van der Waals surface area contributed by atoms with Crippen LogP contribution in [-0.2, 0) is 0 Å². The van der Waals surface area contributed by atoms with Crippen LogP contribution in [0, 0.1) is 0 Å². The van der Waals surface area contributed by atoms with Crippen molar-refractivity contribution in [3.05, 3.63) is 20.8 Å². The predicted molar refractivity (Wildman–Crippen MR) is 78.7 cm³/mol. The third-order valence-electron chi connectivity index (χ3n) is 3.59. The van der Waals surface area contributed by atoms with E-state index in [1.165, 1.54) is 34.5 Å². The van der Waals surface area contributed by atoms with Gasteiger partial charge in [0.2, 0.25) is 0 Å². The summed E-state index contributed by atoms with van der Waals surface area (Å²) in [5.41, 5.74) is 0. The molecule has 2 heterocycles. The molecule has 0 amide bonds. The van der Waals surface area contributed by atoms with Gasteiger partial charge in [-0.2, -0.15) is 0 Å². The van der Waals surface area contributed by atoms with Crippen molar-refractivity contribution in [1.29, 1.82) is 0 Å². The summed E-state index contributed by atoms with van der Waals surface area (Å²) in [5, 5.41) is 3.61. The van der Waals surface area contributed by atoms with Crippen LogP contribution in [-0.4, -0.2) is 31.1 Å². The normalized spacial score (nSPS) is 22.9. The largest absolute Gasteiger partial charge is 0.313 e. The van der Waals surface area contributed by atoms with Gasteiger partial charge in [0.05, 0.1) is 3.79 Å². The zero-order chi connectivity index (χ0) is 12.3. The Labute approximate surface area is 117 Å². The van der Waals surface area contributed by atoms with Gasteiger partial charge in [0.1, 0.15) is 0 Å². The summed E-state index contributed by atoms with van der Waals surface area (Å²) in [5.74, 6) is 0. The van der Waals surface area contributed by atoms with E-state index in [0.717, 1.165) is 6.54 Å².